The molecule has 116 valence electrons. The van der Waals surface area contributed by atoms with Gasteiger partial charge in [-0.25, -0.2) is 8.78 Å². The molecule has 0 spiro atoms. The fourth-order valence-corrected chi connectivity index (χ4v) is 2.20. The second-order valence-electron chi connectivity index (χ2n) is 4.96. The molecule has 2 rings (SSSR count). The van der Waals surface area contributed by atoms with Crippen LogP contribution in [0.25, 0.3) is 0 Å². The van der Waals surface area contributed by atoms with Crippen LogP contribution in [0, 0.1) is 11.6 Å². The van der Waals surface area contributed by atoms with E-state index in [9.17, 15) is 13.6 Å². The molecule has 22 heavy (non-hydrogen) atoms. The molecule has 3 nitrogen and oxygen atoms in total. The molecule has 0 bridgehead atoms. The van der Waals surface area contributed by atoms with Gasteiger partial charge in [0, 0.05) is 16.7 Å². The maximum atomic E-state index is 13.4. The predicted octanol–water partition coefficient (Wildman–Crippen LogP) is 2.88. The molecule has 6 heteroatoms. The van der Waals surface area contributed by atoms with Crippen LogP contribution in [0.1, 0.15) is 18.5 Å². The average molecular weight is 326 g/mol. The highest BCUT2D eigenvalue weighted by atomic mass is 35.5. The number of hydrogen-bond donors (Lipinski definition) is 2. The molecule has 0 fully saturated rings. The summed E-state index contributed by atoms with van der Waals surface area (Å²) in [5, 5.41) is 4.78. The van der Waals surface area contributed by atoms with Gasteiger partial charge in [-0.05, 0) is 31.2 Å². The largest absolute Gasteiger partial charge is 0.333 e. The van der Waals surface area contributed by atoms with Crippen molar-refractivity contribution < 1.29 is 18.9 Å². The third-order valence-corrected chi connectivity index (χ3v) is 3.47. The molecular formula is C16H16ClF2N2O+. The molecule has 3 N–H and O–H groups in total. The Morgan fingerprint density at radius 1 is 1.27 bits per heavy atom. The Morgan fingerprint density at radius 3 is 2.77 bits per heavy atom. The highest BCUT2D eigenvalue weighted by molar-refractivity contribution is 6.30. The average Bonchev–Trinajstić information content (AvgIpc) is 2.48. The molecule has 0 aliphatic heterocycles. The Balaban J connectivity index is 1.91. The Kier molecular flexibility index (Phi) is 5.46. The lowest BCUT2D eigenvalue weighted by molar-refractivity contribution is -0.682. The summed E-state index contributed by atoms with van der Waals surface area (Å²) in [4.78, 5) is 11.8. The Hall–Kier alpha value is -1.98. The lowest BCUT2D eigenvalue weighted by atomic mass is 10.1. The number of quaternary nitrogens is 1. The molecular weight excluding hydrogens is 310 g/mol. The molecule has 0 aliphatic rings. The van der Waals surface area contributed by atoms with E-state index >= 15 is 0 Å². The first-order valence-electron chi connectivity index (χ1n) is 6.79. The van der Waals surface area contributed by atoms with Gasteiger partial charge in [0.1, 0.15) is 17.7 Å². The van der Waals surface area contributed by atoms with E-state index in [-0.39, 0.29) is 18.3 Å². The molecule has 0 saturated carbocycles. The van der Waals surface area contributed by atoms with Crippen molar-refractivity contribution in [3.8, 4) is 0 Å². The van der Waals surface area contributed by atoms with E-state index < -0.39 is 17.5 Å². The molecule has 0 aromatic heterocycles. The number of halogens is 3. The molecule has 1 atom stereocenters. The fourth-order valence-electron chi connectivity index (χ4n) is 2.00. The molecule has 0 heterocycles. The third-order valence-electron chi connectivity index (χ3n) is 3.23. The lowest BCUT2D eigenvalue weighted by Crippen LogP contribution is -2.86. The van der Waals surface area contributed by atoms with Crippen molar-refractivity contribution in [2.45, 2.75) is 13.0 Å². The van der Waals surface area contributed by atoms with E-state index in [4.69, 9.17) is 11.6 Å². The topological polar surface area (TPSA) is 45.7 Å². The van der Waals surface area contributed by atoms with E-state index in [1.165, 1.54) is 0 Å². The van der Waals surface area contributed by atoms with Crippen LogP contribution in [0.5, 0.6) is 0 Å². The van der Waals surface area contributed by atoms with Crippen LogP contribution >= 0.6 is 11.6 Å². The smallest absolute Gasteiger partial charge is 0.279 e. The maximum absolute atomic E-state index is 13.4. The maximum Gasteiger partial charge on any atom is 0.279 e. The first-order valence-corrected chi connectivity index (χ1v) is 7.17. The van der Waals surface area contributed by atoms with Crippen LogP contribution in [0.2, 0.25) is 5.02 Å². The molecule has 2 aromatic carbocycles. The normalized spacial score (nSPS) is 12.0. The van der Waals surface area contributed by atoms with Crippen molar-refractivity contribution in [1.29, 1.82) is 0 Å². The Labute approximate surface area is 132 Å². The quantitative estimate of drug-likeness (QED) is 0.872. The number of amides is 1. The molecule has 1 amide bonds. The second kappa shape index (κ2) is 7.33. The van der Waals surface area contributed by atoms with Crippen molar-refractivity contribution in [2.24, 2.45) is 0 Å². The van der Waals surface area contributed by atoms with Gasteiger partial charge < -0.3 is 10.6 Å². The van der Waals surface area contributed by atoms with Crippen molar-refractivity contribution in [3.05, 3.63) is 64.7 Å². The van der Waals surface area contributed by atoms with E-state index in [1.807, 2.05) is 25.1 Å². The summed E-state index contributed by atoms with van der Waals surface area (Å²) in [6.07, 6.45) is 0. The number of hydrogen-bond acceptors (Lipinski definition) is 1. The van der Waals surface area contributed by atoms with E-state index in [1.54, 1.807) is 11.4 Å². The first-order chi connectivity index (χ1) is 10.5. The molecule has 2 aromatic rings. The minimum absolute atomic E-state index is 0.0156. The van der Waals surface area contributed by atoms with Gasteiger partial charge in [0.15, 0.2) is 6.54 Å². The Morgan fingerprint density at radius 2 is 2.05 bits per heavy atom. The lowest BCUT2D eigenvalue weighted by Gasteiger charge is -2.11. The van der Waals surface area contributed by atoms with Crippen LogP contribution in [0.3, 0.4) is 0 Å². The van der Waals surface area contributed by atoms with Gasteiger partial charge >= 0.3 is 0 Å². The monoisotopic (exact) mass is 325 g/mol. The van der Waals surface area contributed by atoms with Crippen molar-refractivity contribution in [3.63, 3.8) is 0 Å². The number of anilines is 1. The standard InChI is InChI=1S/C16H15ClF2N2O/c1-10(11-3-2-4-12(17)7-11)20-9-16(22)21-15-8-13(18)5-6-14(15)19/h2-8,10,20H,9H2,1H3,(H,21,22)/p+1/t10-/m1/s1. The van der Waals surface area contributed by atoms with Crippen molar-refractivity contribution in [2.75, 3.05) is 11.9 Å². The van der Waals surface area contributed by atoms with Crippen LogP contribution in [0.15, 0.2) is 42.5 Å². The van der Waals surface area contributed by atoms with Gasteiger partial charge in [-0.15, -0.1) is 0 Å². The zero-order chi connectivity index (χ0) is 16.1. The van der Waals surface area contributed by atoms with Crippen LogP contribution in [0.4, 0.5) is 14.5 Å². The summed E-state index contributed by atoms with van der Waals surface area (Å²) < 4.78 is 26.5. The molecule has 0 aliphatic carbocycles. The summed E-state index contributed by atoms with van der Waals surface area (Å²) >= 11 is 5.92. The van der Waals surface area contributed by atoms with Gasteiger partial charge in [0.25, 0.3) is 5.91 Å². The molecule has 0 radical (unpaired) electrons. The van der Waals surface area contributed by atoms with E-state index in [0.29, 0.717) is 5.02 Å². The summed E-state index contributed by atoms with van der Waals surface area (Å²) in [5.74, 6) is -1.68. The second-order valence-corrected chi connectivity index (χ2v) is 5.39. The number of carbonyl (C=O) groups is 1. The van der Waals surface area contributed by atoms with Gasteiger partial charge in [-0.2, -0.15) is 0 Å². The number of nitrogens with one attached hydrogen (secondary N) is 1. The minimum Gasteiger partial charge on any atom is -0.333 e. The molecule has 0 saturated heterocycles. The van der Waals surface area contributed by atoms with Gasteiger partial charge in [-0.3, -0.25) is 4.79 Å². The van der Waals surface area contributed by atoms with E-state index in [2.05, 4.69) is 5.32 Å². The van der Waals surface area contributed by atoms with Crippen LogP contribution < -0.4 is 10.6 Å². The SMILES string of the molecule is C[C@@H]([NH2+]CC(=O)Nc1cc(F)ccc1F)c1cccc(Cl)c1. The van der Waals surface area contributed by atoms with Crippen LogP contribution in [-0.4, -0.2) is 12.5 Å². The predicted molar refractivity (Wildman–Crippen MR) is 81.6 cm³/mol. The van der Waals surface area contributed by atoms with Gasteiger partial charge in [0.05, 0.1) is 5.69 Å². The fraction of sp³-hybridized carbons (Fsp3) is 0.188. The minimum atomic E-state index is -0.669. The zero-order valence-electron chi connectivity index (χ0n) is 11.9. The summed E-state index contributed by atoms with van der Waals surface area (Å²) in [6, 6.07) is 10.3. The highest BCUT2D eigenvalue weighted by Crippen LogP contribution is 2.16. The summed E-state index contributed by atoms with van der Waals surface area (Å²) in [5.41, 5.74) is 0.825. The number of rotatable bonds is 5. The Bertz CT molecular complexity index is 679. The van der Waals surface area contributed by atoms with Crippen molar-refractivity contribution >= 4 is 23.2 Å². The summed E-state index contributed by atoms with van der Waals surface area (Å²) in [6.45, 7) is 2.02. The molecule has 0 unspecified atom stereocenters. The van der Waals surface area contributed by atoms with Gasteiger partial charge in [0.2, 0.25) is 0 Å². The number of benzene rings is 2. The zero-order valence-corrected chi connectivity index (χ0v) is 12.7. The van der Waals surface area contributed by atoms with Crippen molar-refractivity contribution in [1.82, 2.24) is 0 Å². The summed E-state index contributed by atoms with van der Waals surface area (Å²) in [7, 11) is 0. The van der Waals surface area contributed by atoms with Gasteiger partial charge in [-0.1, -0.05) is 23.7 Å². The van der Waals surface area contributed by atoms with Crippen LogP contribution in [-0.2, 0) is 4.79 Å². The first kappa shape index (κ1) is 16.4. The third kappa shape index (κ3) is 4.51. The number of nitrogens with two attached hydrogens (primary N) is 1. The highest BCUT2D eigenvalue weighted by Gasteiger charge is 2.13. The number of carbonyl (C=O) groups excluding carboxylic acids is 1. The van der Waals surface area contributed by atoms with E-state index in [0.717, 1.165) is 23.8 Å².